The van der Waals surface area contributed by atoms with E-state index in [1.165, 1.54) is 0 Å². The molecule has 0 aromatic rings. The van der Waals surface area contributed by atoms with Gasteiger partial charge in [0.05, 0.1) is 13.2 Å². The van der Waals surface area contributed by atoms with E-state index in [1.54, 1.807) is 0 Å². The van der Waals surface area contributed by atoms with E-state index in [-0.39, 0.29) is 38.1 Å². The minimum absolute atomic E-state index is 0.00787. The SMILES string of the molecule is O=C(O)C1(C(=O)O)CCC(OCC2CO2)=C(OCC2CO2)C1. The van der Waals surface area contributed by atoms with Gasteiger partial charge in [-0.05, 0) is 6.42 Å². The summed E-state index contributed by atoms with van der Waals surface area (Å²) in [4.78, 5) is 22.9. The Morgan fingerprint density at radius 2 is 1.55 bits per heavy atom. The minimum Gasteiger partial charge on any atom is -0.492 e. The number of allylic oxidation sites excluding steroid dienone is 2. The molecule has 0 saturated carbocycles. The van der Waals surface area contributed by atoms with Crippen LogP contribution in [-0.2, 0) is 28.5 Å². The van der Waals surface area contributed by atoms with Gasteiger partial charge in [-0.1, -0.05) is 0 Å². The minimum atomic E-state index is -1.86. The molecule has 122 valence electrons. The molecular weight excluding hydrogens is 296 g/mol. The zero-order valence-corrected chi connectivity index (χ0v) is 11.9. The van der Waals surface area contributed by atoms with Gasteiger partial charge in [0.15, 0.2) is 5.41 Å². The molecule has 2 saturated heterocycles. The second-order valence-corrected chi connectivity index (χ2v) is 5.75. The smallest absolute Gasteiger partial charge is 0.321 e. The van der Waals surface area contributed by atoms with Gasteiger partial charge in [0.2, 0.25) is 0 Å². The molecule has 0 aromatic carbocycles. The van der Waals surface area contributed by atoms with Gasteiger partial charge in [0, 0.05) is 12.8 Å². The topological polar surface area (TPSA) is 118 Å². The van der Waals surface area contributed by atoms with Crippen LogP contribution in [0.1, 0.15) is 19.3 Å². The Hall–Kier alpha value is -1.80. The van der Waals surface area contributed by atoms with Crippen LogP contribution in [0, 0.1) is 5.41 Å². The summed E-state index contributed by atoms with van der Waals surface area (Å²) in [5.74, 6) is -1.89. The highest BCUT2D eigenvalue weighted by atomic mass is 16.6. The molecule has 1 aliphatic carbocycles. The van der Waals surface area contributed by atoms with Gasteiger partial charge in [0.25, 0.3) is 0 Å². The molecule has 3 aliphatic rings. The second kappa shape index (κ2) is 5.77. The number of ether oxygens (including phenoxy) is 4. The predicted octanol–water partition coefficient (Wildman–Crippen LogP) is 0.368. The van der Waals surface area contributed by atoms with Crippen LogP contribution < -0.4 is 0 Å². The number of carboxylic acids is 2. The van der Waals surface area contributed by atoms with Crippen molar-refractivity contribution in [3.63, 3.8) is 0 Å². The molecule has 0 radical (unpaired) electrons. The Bertz CT molecular complexity index is 489. The van der Waals surface area contributed by atoms with Gasteiger partial charge >= 0.3 is 11.9 Å². The Balaban J connectivity index is 1.74. The zero-order valence-electron chi connectivity index (χ0n) is 11.9. The summed E-state index contributed by atoms with van der Waals surface area (Å²) in [5.41, 5.74) is -1.86. The molecule has 2 fully saturated rings. The van der Waals surface area contributed by atoms with Gasteiger partial charge in [-0.2, -0.15) is 0 Å². The fourth-order valence-electron chi connectivity index (χ4n) is 2.38. The van der Waals surface area contributed by atoms with Crippen LogP contribution >= 0.6 is 0 Å². The van der Waals surface area contributed by atoms with Crippen molar-refractivity contribution in [3.8, 4) is 0 Å². The Labute approximate surface area is 126 Å². The quantitative estimate of drug-likeness (QED) is 0.487. The van der Waals surface area contributed by atoms with Crippen LogP contribution in [-0.4, -0.2) is 60.8 Å². The molecule has 8 heteroatoms. The number of rotatable bonds is 8. The first-order chi connectivity index (χ1) is 10.5. The van der Waals surface area contributed by atoms with Crippen molar-refractivity contribution in [2.45, 2.75) is 31.5 Å². The van der Waals surface area contributed by atoms with Gasteiger partial charge < -0.3 is 29.2 Å². The number of aliphatic carboxylic acids is 2. The molecule has 3 rings (SSSR count). The predicted molar refractivity (Wildman–Crippen MR) is 70.0 cm³/mol. The van der Waals surface area contributed by atoms with Gasteiger partial charge in [-0.3, -0.25) is 9.59 Å². The molecule has 8 nitrogen and oxygen atoms in total. The van der Waals surface area contributed by atoms with Crippen molar-refractivity contribution in [2.24, 2.45) is 5.41 Å². The molecule has 0 bridgehead atoms. The fourth-order valence-corrected chi connectivity index (χ4v) is 2.38. The van der Waals surface area contributed by atoms with Crippen molar-refractivity contribution in [3.05, 3.63) is 11.5 Å². The lowest BCUT2D eigenvalue weighted by Crippen LogP contribution is -2.42. The highest BCUT2D eigenvalue weighted by Crippen LogP contribution is 2.41. The van der Waals surface area contributed by atoms with Crippen LogP contribution in [0.25, 0.3) is 0 Å². The maximum absolute atomic E-state index is 11.5. The van der Waals surface area contributed by atoms with E-state index in [1.807, 2.05) is 0 Å². The van der Waals surface area contributed by atoms with Crippen LogP contribution in [0.5, 0.6) is 0 Å². The number of hydrogen-bond donors (Lipinski definition) is 2. The Morgan fingerprint density at radius 3 is 2.00 bits per heavy atom. The highest BCUT2D eigenvalue weighted by molar-refractivity contribution is 5.98. The number of hydrogen-bond acceptors (Lipinski definition) is 6. The van der Waals surface area contributed by atoms with Crippen LogP contribution in [0.3, 0.4) is 0 Å². The van der Waals surface area contributed by atoms with Crippen molar-refractivity contribution in [1.29, 1.82) is 0 Å². The van der Waals surface area contributed by atoms with Crippen molar-refractivity contribution in [2.75, 3.05) is 26.4 Å². The summed E-state index contributed by atoms with van der Waals surface area (Å²) < 4.78 is 21.3. The lowest BCUT2D eigenvalue weighted by atomic mass is 9.75. The third kappa shape index (κ3) is 3.17. The normalized spacial score (nSPS) is 28.9. The first-order valence-electron chi connectivity index (χ1n) is 7.19. The van der Waals surface area contributed by atoms with E-state index in [4.69, 9.17) is 18.9 Å². The standard InChI is InChI=1S/C14H18O8/c15-12(16)14(13(17)18)2-1-10(21-6-8-4-19-8)11(3-14)22-7-9-5-20-9/h8-9H,1-7H2,(H,15,16)(H,17,18). The lowest BCUT2D eigenvalue weighted by Gasteiger charge is -2.31. The van der Waals surface area contributed by atoms with Crippen molar-refractivity contribution in [1.82, 2.24) is 0 Å². The number of epoxide rings is 2. The third-order valence-corrected chi connectivity index (χ3v) is 4.06. The van der Waals surface area contributed by atoms with E-state index in [9.17, 15) is 19.8 Å². The largest absolute Gasteiger partial charge is 0.492 e. The van der Waals surface area contributed by atoms with Crippen LogP contribution in [0.4, 0.5) is 0 Å². The third-order valence-electron chi connectivity index (χ3n) is 4.06. The molecule has 2 N–H and O–H groups in total. The molecule has 2 unspecified atom stereocenters. The average molecular weight is 314 g/mol. The number of carboxylic acid groups (broad SMARTS) is 2. The molecule has 0 spiro atoms. The Morgan fingerprint density at radius 1 is 1.05 bits per heavy atom. The summed E-state index contributed by atoms with van der Waals surface area (Å²) in [6.07, 6.45) is 0.0283. The summed E-state index contributed by atoms with van der Waals surface area (Å²) in [5, 5.41) is 18.7. The Kier molecular flexibility index (Phi) is 3.96. The molecule has 22 heavy (non-hydrogen) atoms. The summed E-state index contributed by atoms with van der Waals surface area (Å²) in [7, 11) is 0. The number of carbonyl (C=O) groups is 2. The zero-order chi connectivity index (χ0) is 15.7. The van der Waals surface area contributed by atoms with E-state index >= 15 is 0 Å². The van der Waals surface area contributed by atoms with Crippen molar-refractivity contribution < 1.29 is 38.7 Å². The highest BCUT2D eigenvalue weighted by Gasteiger charge is 2.50. The van der Waals surface area contributed by atoms with E-state index < -0.39 is 17.4 Å². The lowest BCUT2D eigenvalue weighted by molar-refractivity contribution is -0.166. The first-order valence-corrected chi connectivity index (χ1v) is 7.19. The van der Waals surface area contributed by atoms with E-state index in [0.29, 0.717) is 31.3 Å². The molecule has 2 atom stereocenters. The monoisotopic (exact) mass is 314 g/mol. The van der Waals surface area contributed by atoms with E-state index in [2.05, 4.69) is 0 Å². The molecular formula is C14H18O8. The molecule has 2 aliphatic heterocycles. The van der Waals surface area contributed by atoms with Crippen molar-refractivity contribution >= 4 is 11.9 Å². The summed E-state index contributed by atoms with van der Waals surface area (Å²) >= 11 is 0. The molecule has 0 amide bonds. The van der Waals surface area contributed by atoms with Crippen LogP contribution in [0.2, 0.25) is 0 Å². The first kappa shape index (κ1) is 15.1. The van der Waals surface area contributed by atoms with Gasteiger partial charge in [-0.25, -0.2) is 0 Å². The maximum atomic E-state index is 11.5. The van der Waals surface area contributed by atoms with Gasteiger partial charge in [0.1, 0.15) is 36.9 Å². The van der Waals surface area contributed by atoms with Crippen LogP contribution in [0.15, 0.2) is 11.5 Å². The van der Waals surface area contributed by atoms with E-state index in [0.717, 1.165) is 0 Å². The fraction of sp³-hybridized carbons (Fsp3) is 0.714. The average Bonchev–Trinajstić information content (AvgIpc) is 3.37. The summed E-state index contributed by atoms with van der Waals surface area (Å²) in [6.45, 7) is 1.89. The second-order valence-electron chi connectivity index (χ2n) is 5.75. The van der Waals surface area contributed by atoms with Gasteiger partial charge in [-0.15, -0.1) is 0 Å². The molecule has 0 aromatic heterocycles. The molecule has 2 heterocycles. The summed E-state index contributed by atoms with van der Waals surface area (Å²) in [6, 6.07) is 0. The maximum Gasteiger partial charge on any atom is 0.321 e.